The zero-order chi connectivity index (χ0) is 22.8. The summed E-state index contributed by atoms with van der Waals surface area (Å²) in [7, 11) is -3.18. The van der Waals surface area contributed by atoms with Crippen molar-refractivity contribution in [3.05, 3.63) is 69.9 Å². The van der Waals surface area contributed by atoms with Gasteiger partial charge in [-0.25, -0.2) is 8.42 Å². The molecular weight excluding hydrogens is 426 g/mol. The lowest BCUT2D eigenvalue weighted by Gasteiger charge is -2.31. The molecule has 0 saturated carbocycles. The first kappa shape index (κ1) is 20.8. The molecule has 2 aromatic carbocycles. The number of hydrogen-bond acceptors (Lipinski definition) is 5. The second-order valence-electron chi connectivity index (χ2n) is 8.90. The number of rotatable bonds is 3. The van der Waals surface area contributed by atoms with E-state index in [-0.39, 0.29) is 23.2 Å². The zero-order valence-electron chi connectivity index (χ0n) is 18.2. The van der Waals surface area contributed by atoms with Gasteiger partial charge in [-0.2, -0.15) is 5.10 Å². The number of aromatic nitrogens is 2. The molecule has 166 valence electrons. The van der Waals surface area contributed by atoms with Crippen LogP contribution in [0.2, 0.25) is 0 Å². The summed E-state index contributed by atoms with van der Waals surface area (Å²) in [5, 5.41) is 18.0. The highest BCUT2D eigenvalue weighted by Gasteiger charge is 2.48. The average Bonchev–Trinajstić information content (AvgIpc) is 3.39. The highest BCUT2D eigenvalue weighted by Crippen LogP contribution is 2.46. The van der Waals surface area contributed by atoms with E-state index >= 15 is 0 Å². The first-order chi connectivity index (χ1) is 15.2. The van der Waals surface area contributed by atoms with Gasteiger partial charge in [0.25, 0.3) is 5.91 Å². The highest BCUT2D eigenvalue weighted by molar-refractivity contribution is 7.91. The molecule has 3 heterocycles. The fourth-order valence-electron chi connectivity index (χ4n) is 4.81. The van der Waals surface area contributed by atoms with E-state index in [9.17, 15) is 18.3 Å². The number of phenolic OH excluding ortho intramolecular Hbond substituents is 1. The molecule has 2 atom stereocenters. The van der Waals surface area contributed by atoms with Gasteiger partial charge in [-0.3, -0.25) is 9.89 Å². The molecule has 0 bridgehead atoms. The molecule has 2 N–H and O–H groups in total. The number of benzene rings is 2. The Balaban J connectivity index is 1.70. The van der Waals surface area contributed by atoms with Gasteiger partial charge in [-0.1, -0.05) is 29.8 Å². The number of nitrogens with one attached hydrogen (secondary N) is 1. The first-order valence-electron chi connectivity index (χ1n) is 10.6. The van der Waals surface area contributed by atoms with Crippen LogP contribution >= 0.6 is 0 Å². The van der Waals surface area contributed by atoms with E-state index in [0.717, 1.165) is 22.3 Å². The molecule has 2 aliphatic rings. The molecular formula is C24H25N3O4S. The number of aromatic hydroxyl groups is 1. The third-order valence-electron chi connectivity index (χ3n) is 6.67. The minimum absolute atomic E-state index is 0.0387. The van der Waals surface area contributed by atoms with Crippen LogP contribution in [0.1, 0.15) is 50.8 Å². The van der Waals surface area contributed by atoms with Crippen LogP contribution in [0.15, 0.2) is 36.4 Å². The summed E-state index contributed by atoms with van der Waals surface area (Å²) < 4.78 is 24.4. The standard InChI is InChI=1S/C24H25N3O4S/c1-13-4-6-16(7-5-13)23-20-21(18-10-14(2)15(3)11-19(18)28)25-26-22(20)24(29)27(23)17-8-9-32(30,31)12-17/h4-7,10-11,17,23,28H,8-9,12H2,1-3H3,(H,25,26). The van der Waals surface area contributed by atoms with Crippen LogP contribution in [-0.4, -0.2) is 52.1 Å². The topological polar surface area (TPSA) is 103 Å². The van der Waals surface area contributed by atoms with Crippen molar-refractivity contribution in [3.8, 4) is 17.0 Å². The monoisotopic (exact) mass is 451 g/mol. The predicted molar refractivity (Wildman–Crippen MR) is 121 cm³/mol. The molecule has 3 aromatic rings. The van der Waals surface area contributed by atoms with E-state index in [2.05, 4.69) is 10.2 Å². The number of H-pyrrole nitrogens is 1. The summed E-state index contributed by atoms with van der Waals surface area (Å²) in [5.41, 5.74) is 6.05. The summed E-state index contributed by atoms with van der Waals surface area (Å²) >= 11 is 0. The van der Waals surface area contributed by atoms with E-state index < -0.39 is 21.9 Å². The maximum absolute atomic E-state index is 13.5. The number of carbonyl (C=O) groups is 1. The van der Waals surface area contributed by atoms with Gasteiger partial charge in [0.05, 0.1) is 17.5 Å². The Morgan fingerprint density at radius 1 is 1.09 bits per heavy atom. The maximum atomic E-state index is 13.5. The lowest BCUT2D eigenvalue weighted by Crippen LogP contribution is -2.40. The molecule has 0 radical (unpaired) electrons. The zero-order valence-corrected chi connectivity index (χ0v) is 19.0. The fraction of sp³-hybridized carbons (Fsp3) is 0.333. The van der Waals surface area contributed by atoms with E-state index in [1.807, 2.05) is 51.1 Å². The summed E-state index contributed by atoms with van der Waals surface area (Å²) in [6.07, 6.45) is 0.415. The number of aromatic amines is 1. The Bertz CT molecular complexity index is 1340. The molecule has 2 unspecified atom stereocenters. The van der Waals surface area contributed by atoms with Crippen molar-refractivity contribution in [1.29, 1.82) is 0 Å². The third kappa shape index (κ3) is 3.21. The normalized spacial score (nSPS) is 21.8. The van der Waals surface area contributed by atoms with Crippen molar-refractivity contribution >= 4 is 15.7 Å². The van der Waals surface area contributed by atoms with Crippen molar-refractivity contribution in [2.24, 2.45) is 0 Å². The second kappa shape index (κ2) is 7.20. The number of nitrogens with zero attached hydrogens (tertiary/aromatic N) is 2. The SMILES string of the molecule is Cc1ccc(C2c3c(-c4cc(C)c(C)cc4O)n[nH]c3C(=O)N2C2CCS(=O)(=O)C2)cc1. The number of phenols is 1. The minimum Gasteiger partial charge on any atom is -0.507 e. The first-order valence-corrected chi connectivity index (χ1v) is 12.5. The minimum atomic E-state index is -3.18. The summed E-state index contributed by atoms with van der Waals surface area (Å²) in [6.45, 7) is 5.88. The number of carbonyl (C=O) groups excluding carboxylic acids is 1. The Hall–Kier alpha value is -3.13. The fourth-order valence-corrected chi connectivity index (χ4v) is 6.52. The largest absolute Gasteiger partial charge is 0.507 e. The van der Waals surface area contributed by atoms with Crippen LogP contribution in [0.5, 0.6) is 5.75 Å². The average molecular weight is 452 g/mol. The van der Waals surface area contributed by atoms with Gasteiger partial charge in [0, 0.05) is 17.2 Å². The number of hydrogen-bond donors (Lipinski definition) is 2. The van der Waals surface area contributed by atoms with Gasteiger partial charge in [0.2, 0.25) is 0 Å². The van der Waals surface area contributed by atoms with Crippen LogP contribution in [0.4, 0.5) is 0 Å². The molecule has 1 aromatic heterocycles. The molecule has 0 aliphatic carbocycles. The molecule has 1 amide bonds. The lowest BCUT2D eigenvalue weighted by atomic mass is 9.93. The maximum Gasteiger partial charge on any atom is 0.273 e. The van der Waals surface area contributed by atoms with E-state index in [1.54, 1.807) is 11.0 Å². The van der Waals surface area contributed by atoms with Gasteiger partial charge < -0.3 is 10.0 Å². The summed E-state index contributed by atoms with van der Waals surface area (Å²) in [4.78, 5) is 15.2. The highest BCUT2D eigenvalue weighted by atomic mass is 32.2. The molecule has 2 aliphatic heterocycles. The van der Waals surface area contributed by atoms with Crippen molar-refractivity contribution in [2.75, 3.05) is 11.5 Å². The van der Waals surface area contributed by atoms with Crippen LogP contribution in [0.25, 0.3) is 11.3 Å². The summed E-state index contributed by atoms with van der Waals surface area (Å²) in [5.74, 6) is -0.114. The Labute approximate surface area is 187 Å². The number of fused-ring (bicyclic) bond motifs is 1. The Morgan fingerprint density at radius 2 is 1.78 bits per heavy atom. The van der Waals surface area contributed by atoms with Crippen LogP contribution in [0, 0.1) is 20.8 Å². The van der Waals surface area contributed by atoms with Gasteiger partial charge in [0.15, 0.2) is 9.84 Å². The van der Waals surface area contributed by atoms with E-state index in [4.69, 9.17) is 0 Å². The van der Waals surface area contributed by atoms with Gasteiger partial charge in [-0.15, -0.1) is 0 Å². The van der Waals surface area contributed by atoms with Gasteiger partial charge >= 0.3 is 0 Å². The molecule has 5 rings (SSSR count). The third-order valence-corrected chi connectivity index (χ3v) is 8.42. The predicted octanol–water partition coefficient (Wildman–Crippen LogP) is 3.44. The number of sulfone groups is 1. The quantitative estimate of drug-likeness (QED) is 0.635. The molecule has 8 heteroatoms. The molecule has 1 saturated heterocycles. The molecule has 7 nitrogen and oxygen atoms in total. The number of aryl methyl sites for hydroxylation is 3. The Morgan fingerprint density at radius 3 is 2.44 bits per heavy atom. The van der Waals surface area contributed by atoms with Gasteiger partial charge in [0.1, 0.15) is 17.1 Å². The summed E-state index contributed by atoms with van der Waals surface area (Å²) in [6, 6.07) is 10.6. The van der Waals surface area contributed by atoms with E-state index in [0.29, 0.717) is 28.9 Å². The van der Waals surface area contributed by atoms with Gasteiger partial charge in [-0.05, 0) is 56.0 Å². The lowest BCUT2D eigenvalue weighted by molar-refractivity contribution is 0.0678. The van der Waals surface area contributed by atoms with Crippen LogP contribution in [0.3, 0.4) is 0 Å². The Kier molecular flexibility index (Phi) is 4.67. The van der Waals surface area contributed by atoms with Crippen molar-refractivity contribution < 1.29 is 18.3 Å². The van der Waals surface area contributed by atoms with Crippen molar-refractivity contribution in [3.63, 3.8) is 0 Å². The van der Waals surface area contributed by atoms with Crippen molar-refractivity contribution in [2.45, 2.75) is 39.3 Å². The number of amides is 1. The van der Waals surface area contributed by atoms with Crippen LogP contribution in [-0.2, 0) is 9.84 Å². The van der Waals surface area contributed by atoms with Crippen molar-refractivity contribution in [1.82, 2.24) is 15.1 Å². The van der Waals surface area contributed by atoms with E-state index in [1.165, 1.54) is 0 Å². The van der Waals surface area contributed by atoms with Crippen LogP contribution < -0.4 is 0 Å². The molecule has 0 spiro atoms. The molecule has 32 heavy (non-hydrogen) atoms. The molecule has 1 fully saturated rings. The second-order valence-corrected chi connectivity index (χ2v) is 11.1. The smallest absolute Gasteiger partial charge is 0.273 e.